The zero-order valence-electron chi connectivity index (χ0n) is 10.8. The molecule has 1 aromatic rings. The largest absolute Gasteiger partial charge is 0.481 e. The van der Waals surface area contributed by atoms with E-state index in [1.54, 1.807) is 0 Å². The summed E-state index contributed by atoms with van der Waals surface area (Å²) in [4.78, 5) is 19.7. The molecule has 0 spiro atoms. The van der Waals surface area contributed by atoms with Crippen molar-refractivity contribution < 1.29 is 9.90 Å². The van der Waals surface area contributed by atoms with Crippen molar-refractivity contribution in [1.82, 2.24) is 9.97 Å². The Morgan fingerprint density at radius 3 is 2.61 bits per heavy atom. The maximum atomic E-state index is 11.0. The molecule has 1 aliphatic rings. The number of carbonyl (C=O) groups is 1. The number of carboxylic acids is 1. The summed E-state index contributed by atoms with van der Waals surface area (Å²) in [6, 6.07) is 2.09. The lowest BCUT2D eigenvalue weighted by Gasteiger charge is -2.27. The van der Waals surface area contributed by atoms with E-state index in [1.807, 2.05) is 19.9 Å². The Bertz CT molecular complexity index is 428. The molecule has 1 fully saturated rings. The van der Waals surface area contributed by atoms with Crippen LogP contribution < -0.4 is 5.32 Å². The molecule has 0 amide bonds. The molecule has 0 saturated heterocycles. The summed E-state index contributed by atoms with van der Waals surface area (Å²) in [6.45, 7) is 3.86. The normalized spacial score (nSPS) is 23.7. The monoisotopic (exact) mass is 249 g/mol. The second kappa shape index (κ2) is 5.33. The van der Waals surface area contributed by atoms with Crippen LogP contribution in [0, 0.1) is 19.8 Å². The van der Waals surface area contributed by atoms with E-state index in [9.17, 15) is 4.79 Å². The Hall–Kier alpha value is -1.65. The van der Waals surface area contributed by atoms with E-state index >= 15 is 0 Å². The third-order valence-corrected chi connectivity index (χ3v) is 3.34. The summed E-state index contributed by atoms with van der Waals surface area (Å²) in [5, 5.41) is 12.3. The van der Waals surface area contributed by atoms with Gasteiger partial charge in [0.15, 0.2) is 0 Å². The van der Waals surface area contributed by atoms with Gasteiger partial charge >= 0.3 is 5.97 Å². The van der Waals surface area contributed by atoms with Gasteiger partial charge in [-0.3, -0.25) is 4.79 Å². The Balaban J connectivity index is 2.02. The first-order valence-electron chi connectivity index (χ1n) is 6.36. The molecule has 1 heterocycles. The molecular formula is C13H19N3O2. The molecule has 0 radical (unpaired) electrons. The Labute approximate surface area is 107 Å². The fourth-order valence-electron chi connectivity index (χ4n) is 2.52. The third kappa shape index (κ3) is 3.18. The van der Waals surface area contributed by atoms with E-state index in [4.69, 9.17) is 5.11 Å². The van der Waals surface area contributed by atoms with Gasteiger partial charge < -0.3 is 10.4 Å². The highest BCUT2D eigenvalue weighted by atomic mass is 16.4. The van der Waals surface area contributed by atoms with Crippen molar-refractivity contribution in [3.05, 3.63) is 17.5 Å². The summed E-state index contributed by atoms with van der Waals surface area (Å²) >= 11 is 0. The number of carboxylic acid groups (broad SMARTS) is 1. The maximum absolute atomic E-state index is 11.0. The lowest BCUT2D eigenvalue weighted by atomic mass is 9.86. The topological polar surface area (TPSA) is 75.1 Å². The second-order valence-electron chi connectivity index (χ2n) is 5.02. The maximum Gasteiger partial charge on any atom is 0.306 e. The minimum atomic E-state index is -0.692. The van der Waals surface area contributed by atoms with Crippen molar-refractivity contribution in [1.29, 1.82) is 0 Å². The van der Waals surface area contributed by atoms with Crippen LogP contribution in [0.5, 0.6) is 0 Å². The summed E-state index contributed by atoms with van der Waals surface area (Å²) in [7, 11) is 0. The molecule has 0 aromatic carbocycles. The number of nitrogens with zero attached hydrogens (tertiary/aromatic N) is 2. The van der Waals surface area contributed by atoms with E-state index in [0.29, 0.717) is 12.4 Å². The highest BCUT2D eigenvalue weighted by Crippen LogP contribution is 2.26. The SMILES string of the molecule is Cc1cc(C)nc(NC2CCCC(C(=O)O)C2)n1. The van der Waals surface area contributed by atoms with Crippen molar-refractivity contribution in [2.24, 2.45) is 5.92 Å². The summed E-state index contributed by atoms with van der Waals surface area (Å²) in [6.07, 6.45) is 3.37. The molecule has 0 aliphatic heterocycles. The van der Waals surface area contributed by atoms with E-state index in [2.05, 4.69) is 15.3 Å². The van der Waals surface area contributed by atoms with E-state index in [-0.39, 0.29) is 12.0 Å². The summed E-state index contributed by atoms with van der Waals surface area (Å²) < 4.78 is 0. The number of anilines is 1. The van der Waals surface area contributed by atoms with Gasteiger partial charge in [-0.05, 0) is 39.2 Å². The van der Waals surface area contributed by atoms with Gasteiger partial charge in [-0.2, -0.15) is 0 Å². The lowest BCUT2D eigenvalue weighted by Crippen LogP contribution is -2.31. The fraction of sp³-hybridized carbons (Fsp3) is 0.615. The Morgan fingerprint density at radius 2 is 2.00 bits per heavy atom. The van der Waals surface area contributed by atoms with Crippen LogP contribution >= 0.6 is 0 Å². The standard InChI is InChI=1S/C13H19N3O2/c1-8-6-9(2)15-13(14-8)16-11-5-3-4-10(7-11)12(17)18/h6,10-11H,3-5,7H2,1-2H3,(H,17,18)(H,14,15,16). The van der Waals surface area contributed by atoms with Crippen molar-refractivity contribution in [3.8, 4) is 0 Å². The molecule has 5 heteroatoms. The number of aromatic nitrogens is 2. The Kier molecular flexibility index (Phi) is 3.79. The van der Waals surface area contributed by atoms with E-state index < -0.39 is 5.97 Å². The van der Waals surface area contributed by atoms with E-state index in [0.717, 1.165) is 30.7 Å². The van der Waals surface area contributed by atoms with Crippen LogP contribution in [0.2, 0.25) is 0 Å². The number of rotatable bonds is 3. The molecule has 18 heavy (non-hydrogen) atoms. The highest BCUT2D eigenvalue weighted by Gasteiger charge is 2.27. The van der Waals surface area contributed by atoms with Crippen LogP contribution in [0.4, 0.5) is 5.95 Å². The Morgan fingerprint density at radius 1 is 1.33 bits per heavy atom. The van der Waals surface area contributed by atoms with Gasteiger partial charge in [0, 0.05) is 17.4 Å². The lowest BCUT2D eigenvalue weighted by molar-refractivity contribution is -0.142. The fourth-order valence-corrected chi connectivity index (χ4v) is 2.52. The average molecular weight is 249 g/mol. The molecule has 2 unspecified atom stereocenters. The average Bonchev–Trinajstić information content (AvgIpc) is 2.27. The van der Waals surface area contributed by atoms with Crippen LogP contribution in [-0.2, 0) is 4.79 Å². The van der Waals surface area contributed by atoms with Crippen molar-refractivity contribution >= 4 is 11.9 Å². The quantitative estimate of drug-likeness (QED) is 0.858. The van der Waals surface area contributed by atoms with Crippen molar-refractivity contribution in [2.75, 3.05) is 5.32 Å². The van der Waals surface area contributed by atoms with Crippen molar-refractivity contribution in [2.45, 2.75) is 45.6 Å². The first-order chi connectivity index (χ1) is 8.54. The van der Waals surface area contributed by atoms with Gasteiger partial charge in [-0.25, -0.2) is 9.97 Å². The van der Waals surface area contributed by atoms with E-state index in [1.165, 1.54) is 0 Å². The minimum Gasteiger partial charge on any atom is -0.481 e. The molecule has 1 aromatic heterocycles. The van der Waals surface area contributed by atoms with Gasteiger partial charge in [0.2, 0.25) is 5.95 Å². The first-order valence-corrected chi connectivity index (χ1v) is 6.36. The highest BCUT2D eigenvalue weighted by molar-refractivity contribution is 5.70. The first kappa shape index (κ1) is 12.8. The van der Waals surface area contributed by atoms with Gasteiger partial charge in [0.25, 0.3) is 0 Å². The molecule has 2 atom stereocenters. The van der Waals surface area contributed by atoms with Crippen LogP contribution in [0.1, 0.15) is 37.1 Å². The molecule has 0 bridgehead atoms. The molecule has 98 valence electrons. The number of nitrogens with one attached hydrogen (secondary N) is 1. The predicted octanol–water partition coefficient (Wildman–Crippen LogP) is 2.15. The van der Waals surface area contributed by atoms with Gasteiger partial charge in [0.1, 0.15) is 0 Å². The number of hydrogen-bond donors (Lipinski definition) is 2. The van der Waals surface area contributed by atoms with Gasteiger partial charge in [-0.15, -0.1) is 0 Å². The smallest absolute Gasteiger partial charge is 0.306 e. The predicted molar refractivity (Wildman–Crippen MR) is 68.5 cm³/mol. The van der Waals surface area contributed by atoms with Gasteiger partial charge in [0.05, 0.1) is 5.92 Å². The van der Waals surface area contributed by atoms with Crippen molar-refractivity contribution in [3.63, 3.8) is 0 Å². The summed E-state index contributed by atoms with van der Waals surface area (Å²) in [5.41, 5.74) is 1.85. The van der Waals surface area contributed by atoms with Crippen LogP contribution in [0.15, 0.2) is 6.07 Å². The molecule has 1 saturated carbocycles. The zero-order chi connectivity index (χ0) is 13.1. The molecule has 2 rings (SSSR count). The second-order valence-corrected chi connectivity index (χ2v) is 5.02. The van der Waals surface area contributed by atoms with Crippen LogP contribution in [0.3, 0.4) is 0 Å². The third-order valence-electron chi connectivity index (χ3n) is 3.34. The molecule has 1 aliphatic carbocycles. The zero-order valence-corrected chi connectivity index (χ0v) is 10.8. The minimum absolute atomic E-state index is 0.168. The number of hydrogen-bond acceptors (Lipinski definition) is 4. The molecule has 5 nitrogen and oxygen atoms in total. The molecular weight excluding hydrogens is 230 g/mol. The number of aryl methyl sites for hydroxylation is 2. The summed E-state index contributed by atoms with van der Waals surface area (Å²) in [5.74, 6) is -0.312. The number of aliphatic carboxylic acids is 1. The van der Waals surface area contributed by atoms with Gasteiger partial charge in [-0.1, -0.05) is 6.42 Å². The molecule has 2 N–H and O–H groups in total. The van der Waals surface area contributed by atoms with Crippen LogP contribution in [-0.4, -0.2) is 27.1 Å². The van der Waals surface area contributed by atoms with Crippen LogP contribution in [0.25, 0.3) is 0 Å².